The summed E-state index contributed by atoms with van der Waals surface area (Å²) in [6.45, 7) is 2.99. The first-order valence-corrected chi connectivity index (χ1v) is 7.44. The van der Waals surface area contributed by atoms with Crippen molar-refractivity contribution in [1.82, 2.24) is 4.57 Å². The smallest absolute Gasteiger partial charge is 0.0514 e. The first-order chi connectivity index (χ1) is 9.67. The van der Waals surface area contributed by atoms with Gasteiger partial charge in [-0.05, 0) is 35.7 Å². The van der Waals surface area contributed by atoms with Gasteiger partial charge in [0, 0.05) is 23.2 Å². The molecule has 1 heterocycles. The Hall–Kier alpha value is -1.44. The third-order valence-corrected chi connectivity index (χ3v) is 4.12. The number of hydrogen-bond acceptors (Lipinski definition) is 0. The van der Waals surface area contributed by atoms with Crippen molar-refractivity contribution in [2.75, 3.05) is 0 Å². The molecule has 0 atom stereocenters. The van der Waals surface area contributed by atoms with Crippen molar-refractivity contribution in [2.24, 2.45) is 0 Å². The molecule has 0 aliphatic rings. The Kier molecular flexibility index (Phi) is 3.73. The van der Waals surface area contributed by atoms with Gasteiger partial charge in [0.2, 0.25) is 0 Å². The molecule has 102 valence electrons. The van der Waals surface area contributed by atoms with Crippen molar-refractivity contribution in [3.8, 4) is 0 Å². The Morgan fingerprint density at radius 2 is 1.65 bits per heavy atom. The molecule has 0 fully saturated rings. The van der Waals surface area contributed by atoms with Gasteiger partial charge in [-0.2, -0.15) is 0 Å². The summed E-state index contributed by atoms with van der Waals surface area (Å²) in [7, 11) is 0. The average Bonchev–Trinajstić information content (AvgIpc) is 2.83. The Morgan fingerprint density at radius 1 is 0.950 bits per heavy atom. The second-order valence-electron chi connectivity index (χ2n) is 4.93. The van der Waals surface area contributed by atoms with E-state index in [4.69, 9.17) is 23.2 Å². The number of aryl methyl sites for hydroxylation is 1. The van der Waals surface area contributed by atoms with Crippen molar-refractivity contribution in [3.05, 3.63) is 69.8 Å². The van der Waals surface area contributed by atoms with E-state index in [1.54, 1.807) is 6.07 Å². The van der Waals surface area contributed by atoms with Crippen LogP contribution in [0.1, 0.15) is 18.1 Å². The number of hydrogen-bond donors (Lipinski definition) is 0. The van der Waals surface area contributed by atoms with Crippen LogP contribution in [0.2, 0.25) is 10.0 Å². The molecule has 0 N–H and O–H groups in total. The van der Waals surface area contributed by atoms with E-state index in [9.17, 15) is 0 Å². The fourth-order valence-electron chi connectivity index (χ4n) is 2.43. The van der Waals surface area contributed by atoms with Gasteiger partial charge in [-0.3, -0.25) is 0 Å². The molecule has 0 spiro atoms. The van der Waals surface area contributed by atoms with Gasteiger partial charge >= 0.3 is 0 Å². The third kappa shape index (κ3) is 2.56. The van der Waals surface area contributed by atoms with Gasteiger partial charge in [0.15, 0.2) is 0 Å². The van der Waals surface area contributed by atoms with Gasteiger partial charge < -0.3 is 4.57 Å². The Labute approximate surface area is 128 Å². The fourth-order valence-corrected chi connectivity index (χ4v) is 2.98. The fraction of sp³-hybridized carbons (Fsp3) is 0.176. The molecule has 20 heavy (non-hydrogen) atoms. The minimum Gasteiger partial charge on any atom is -0.343 e. The van der Waals surface area contributed by atoms with E-state index in [1.165, 1.54) is 11.1 Å². The van der Waals surface area contributed by atoms with Crippen LogP contribution in [0.5, 0.6) is 0 Å². The number of nitrogens with zero attached hydrogens (tertiary/aromatic N) is 1. The van der Waals surface area contributed by atoms with Crippen LogP contribution in [0.25, 0.3) is 10.9 Å². The van der Waals surface area contributed by atoms with Crippen molar-refractivity contribution < 1.29 is 0 Å². The van der Waals surface area contributed by atoms with E-state index >= 15 is 0 Å². The molecular formula is C17H15Cl2N. The molecule has 0 aliphatic heterocycles. The summed E-state index contributed by atoms with van der Waals surface area (Å²) in [6.07, 6.45) is 3.12. The number of benzene rings is 2. The zero-order valence-corrected chi connectivity index (χ0v) is 12.7. The highest BCUT2D eigenvalue weighted by Crippen LogP contribution is 2.29. The zero-order valence-electron chi connectivity index (χ0n) is 11.2. The first kappa shape index (κ1) is 13.5. The SMILES string of the molecule is CCc1ccc(Cn2ccc3c(Cl)cc(Cl)cc32)cc1. The van der Waals surface area contributed by atoms with Crippen LogP contribution in [0.4, 0.5) is 0 Å². The van der Waals surface area contributed by atoms with Crippen LogP contribution < -0.4 is 0 Å². The number of rotatable bonds is 3. The van der Waals surface area contributed by atoms with Crippen LogP contribution in [-0.4, -0.2) is 4.57 Å². The normalized spacial score (nSPS) is 11.2. The second kappa shape index (κ2) is 5.51. The first-order valence-electron chi connectivity index (χ1n) is 6.69. The predicted molar refractivity (Wildman–Crippen MR) is 86.9 cm³/mol. The van der Waals surface area contributed by atoms with E-state index in [1.807, 2.05) is 12.1 Å². The Morgan fingerprint density at radius 3 is 2.35 bits per heavy atom. The van der Waals surface area contributed by atoms with Crippen LogP contribution in [0.3, 0.4) is 0 Å². The minimum absolute atomic E-state index is 0.670. The molecule has 3 aromatic rings. The van der Waals surface area contributed by atoms with Crippen LogP contribution >= 0.6 is 23.2 Å². The second-order valence-corrected chi connectivity index (χ2v) is 5.78. The van der Waals surface area contributed by atoms with E-state index < -0.39 is 0 Å². The zero-order chi connectivity index (χ0) is 14.1. The van der Waals surface area contributed by atoms with Gasteiger partial charge in [-0.1, -0.05) is 54.4 Å². The Bertz CT molecular complexity index is 742. The topological polar surface area (TPSA) is 4.93 Å². The molecule has 3 heteroatoms. The lowest BCUT2D eigenvalue weighted by Gasteiger charge is -2.07. The van der Waals surface area contributed by atoms with Gasteiger partial charge in [0.05, 0.1) is 10.5 Å². The van der Waals surface area contributed by atoms with Crippen molar-refractivity contribution >= 4 is 34.1 Å². The van der Waals surface area contributed by atoms with Gasteiger partial charge in [0.1, 0.15) is 0 Å². The summed E-state index contributed by atoms with van der Waals surface area (Å²) in [6, 6.07) is 14.5. The molecule has 0 saturated carbocycles. The van der Waals surface area contributed by atoms with Gasteiger partial charge in [-0.25, -0.2) is 0 Å². The summed E-state index contributed by atoms with van der Waals surface area (Å²) in [5.74, 6) is 0. The van der Waals surface area contributed by atoms with E-state index in [2.05, 4.69) is 42.0 Å². The van der Waals surface area contributed by atoms with Crippen molar-refractivity contribution in [1.29, 1.82) is 0 Å². The molecule has 3 rings (SSSR count). The van der Waals surface area contributed by atoms with Crippen LogP contribution in [-0.2, 0) is 13.0 Å². The maximum absolute atomic E-state index is 6.22. The predicted octanol–water partition coefficient (Wildman–Crippen LogP) is 5.56. The van der Waals surface area contributed by atoms with E-state index in [-0.39, 0.29) is 0 Å². The summed E-state index contributed by atoms with van der Waals surface area (Å²) >= 11 is 12.3. The molecule has 1 aromatic heterocycles. The summed E-state index contributed by atoms with van der Waals surface area (Å²) in [5, 5.41) is 2.41. The monoisotopic (exact) mass is 303 g/mol. The van der Waals surface area contributed by atoms with Crippen LogP contribution in [0, 0.1) is 0 Å². The number of fused-ring (bicyclic) bond motifs is 1. The van der Waals surface area contributed by atoms with E-state index in [0.29, 0.717) is 10.0 Å². The maximum Gasteiger partial charge on any atom is 0.0514 e. The molecule has 0 aliphatic carbocycles. The highest BCUT2D eigenvalue weighted by atomic mass is 35.5. The van der Waals surface area contributed by atoms with Crippen LogP contribution in [0.15, 0.2) is 48.7 Å². The summed E-state index contributed by atoms with van der Waals surface area (Å²) in [5.41, 5.74) is 3.70. The number of halogens is 2. The van der Waals surface area contributed by atoms with Gasteiger partial charge in [0.25, 0.3) is 0 Å². The molecule has 0 saturated heterocycles. The molecule has 2 aromatic carbocycles. The molecule has 1 nitrogen and oxygen atoms in total. The number of aromatic nitrogens is 1. The standard InChI is InChI=1S/C17H15Cl2N/c1-2-12-3-5-13(6-4-12)11-20-8-7-15-16(19)9-14(18)10-17(15)20/h3-10H,2,11H2,1H3. The summed E-state index contributed by atoms with van der Waals surface area (Å²) in [4.78, 5) is 0. The van der Waals surface area contributed by atoms with Crippen molar-refractivity contribution in [2.45, 2.75) is 19.9 Å². The third-order valence-electron chi connectivity index (χ3n) is 3.59. The molecule has 0 unspecified atom stereocenters. The van der Waals surface area contributed by atoms with Crippen molar-refractivity contribution in [3.63, 3.8) is 0 Å². The Balaban J connectivity index is 1.97. The average molecular weight is 304 g/mol. The molecular weight excluding hydrogens is 289 g/mol. The van der Waals surface area contributed by atoms with E-state index in [0.717, 1.165) is 23.9 Å². The lowest BCUT2D eigenvalue weighted by atomic mass is 10.1. The maximum atomic E-state index is 6.22. The van der Waals surface area contributed by atoms with Gasteiger partial charge in [-0.15, -0.1) is 0 Å². The lowest BCUT2D eigenvalue weighted by Crippen LogP contribution is -1.98. The highest BCUT2D eigenvalue weighted by molar-refractivity contribution is 6.38. The minimum atomic E-state index is 0.670. The highest BCUT2D eigenvalue weighted by Gasteiger charge is 2.07. The molecule has 0 bridgehead atoms. The molecule has 0 amide bonds. The summed E-state index contributed by atoms with van der Waals surface area (Å²) < 4.78 is 2.17. The lowest BCUT2D eigenvalue weighted by molar-refractivity contribution is 0.836. The quantitative estimate of drug-likeness (QED) is 0.597. The molecule has 0 radical (unpaired) electrons. The largest absolute Gasteiger partial charge is 0.343 e.